The molecule has 0 radical (unpaired) electrons. The largest absolute Gasteiger partial charge is 0.482 e. The van der Waals surface area contributed by atoms with Crippen LogP contribution in [-0.4, -0.2) is 42.6 Å². The van der Waals surface area contributed by atoms with E-state index in [2.05, 4.69) is 0 Å². The number of amides is 1. The van der Waals surface area contributed by atoms with Gasteiger partial charge in [-0.2, -0.15) is 0 Å². The number of carboxylic acids is 1. The molecule has 7 heteroatoms. The van der Waals surface area contributed by atoms with E-state index in [-0.39, 0.29) is 23.3 Å². The van der Waals surface area contributed by atoms with Crippen LogP contribution in [0.5, 0.6) is 5.75 Å². The lowest BCUT2D eigenvalue weighted by atomic mass is 10.2. The average molecular weight is 318 g/mol. The summed E-state index contributed by atoms with van der Waals surface area (Å²) < 4.78 is 5.35. The Morgan fingerprint density at radius 1 is 1.35 bits per heavy atom. The summed E-state index contributed by atoms with van der Waals surface area (Å²) in [6.45, 7) is -0.206. The quantitative estimate of drug-likeness (QED) is 0.847. The number of carbonyl (C=O) groups is 2. The van der Waals surface area contributed by atoms with Crippen molar-refractivity contribution in [3.8, 4) is 5.75 Å². The second-order valence-electron chi connectivity index (χ2n) is 4.05. The van der Waals surface area contributed by atoms with Crippen molar-refractivity contribution in [1.29, 1.82) is 0 Å². The minimum atomic E-state index is -1.11. The Bertz CT molecular complexity index is 556. The number of benzene rings is 1. The zero-order valence-electron chi connectivity index (χ0n) is 10.9. The Morgan fingerprint density at radius 2 is 2.00 bits per heavy atom. The fraction of sp³-hybridized carbons (Fsp3) is 0.231. The summed E-state index contributed by atoms with van der Waals surface area (Å²) in [5.74, 6) is -1.15. The number of nitrogens with zero attached hydrogens (tertiary/aromatic N) is 1. The van der Waals surface area contributed by atoms with Gasteiger partial charge in [0.25, 0.3) is 5.91 Å². The number of halogens is 2. The third-order valence-corrected chi connectivity index (χ3v) is 2.78. The van der Waals surface area contributed by atoms with E-state index in [0.29, 0.717) is 10.6 Å². The fourth-order valence-electron chi connectivity index (χ4n) is 1.28. The molecular weight excluding hydrogens is 305 g/mol. The highest BCUT2D eigenvalue weighted by atomic mass is 35.5. The van der Waals surface area contributed by atoms with Crippen LogP contribution >= 0.6 is 23.2 Å². The van der Waals surface area contributed by atoms with Gasteiger partial charge in [0, 0.05) is 30.8 Å². The molecule has 0 atom stereocenters. The van der Waals surface area contributed by atoms with Gasteiger partial charge in [-0.05, 0) is 18.2 Å². The zero-order valence-corrected chi connectivity index (χ0v) is 12.4. The summed E-state index contributed by atoms with van der Waals surface area (Å²) >= 11 is 11.9. The fourth-order valence-corrected chi connectivity index (χ4v) is 1.84. The molecule has 0 aliphatic carbocycles. The number of ether oxygens (including phenoxy) is 1. The minimum absolute atomic E-state index is 0.203. The average Bonchev–Trinajstić information content (AvgIpc) is 2.34. The van der Waals surface area contributed by atoms with Gasteiger partial charge in [0.1, 0.15) is 5.75 Å². The highest BCUT2D eigenvalue weighted by molar-refractivity contribution is 6.36. The first-order valence-corrected chi connectivity index (χ1v) is 6.30. The van der Waals surface area contributed by atoms with Crippen molar-refractivity contribution in [3.05, 3.63) is 33.8 Å². The Balaban J connectivity index is 3.04. The number of hydrogen-bond acceptors (Lipinski definition) is 3. The van der Waals surface area contributed by atoms with Crippen molar-refractivity contribution in [3.63, 3.8) is 0 Å². The summed E-state index contributed by atoms with van der Waals surface area (Å²) in [7, 11) is 3.20. The van der Waals surface area contributed by atoms with Crippen molar-refractivity contribution in [2.24, 2.45) is 0 Å². The van der Waals surface area contributed by atoms with Crippen LogP contribution in [0.2, 0.25) is 10.0 Å². The van der Waals surface area contributed by atoms with E-state index in [1.54, 1.807) is 14.1 Å². The van der Waals surface area contributed by atoms with Gasteiger partial charge in [-0.15, -0.1) is 0 Å². The van der Waals surface area contributed by atoms with Gasteiger partial charge in [0.15, 0.2) is 6.61 Å². The maximum atomic E-state index is 11.5. The Labute approximate surface area is 126 Å². The van der Waals surface area contributed by atoms with E-state index in [9.17, 15) is 9.59 Å². The first-order chi connectivity index (χ1) is 9.31. The van der Waals surface area contributed by atoms with Crippen molar-refractivity contribution in [2.75, 3.05) is 20.7 Å². The van der Waals surface area contributed by atoms with Crippen molar-refractivity contribution in [1.82, 2.24) is 4.90 Å². The second kappa shape index (κ2) is 7.17. The summed E-state index contributed by atoms with van der Waals surface area (Å²) in [4.78, 5) is 23.4. The number of hydrogen-bond donors (Lipinski definition) is 1. The molecule has 1 amide bonds. The van der Waals surface area contributed by atoms with E-state index in [1.165, 1.54) is 23.1 Å². The summed E-state index contributed by atoms with van der Waals surface area (Å²) in [6.07, 6.45) is 2.23. The molecule has 0 aliphatic heterocycles. The maximum Gasteiger partial charge on any atom is 0.328 e. The van der Waals surface area contributed by atoms with Crippen molar-refractivity contribution >= 4 is 41.2 Å². The molecule has 1 aromatic carbocycles. The number of carboxylic acid groups (broad SMARTS) is 1. The molecule has 5 nitrogen and oxygen atoms in total. The Hall–Kier alpha value is -1.72. The molecule has 20 heavy (non-hydrogen) atoms. The number of likely N-dealkylation sites (N-methyl/N-ethyl adjacent to an activating group) is 1. The molecule has 0 unspecified atom stereocenters. The molecule has 0 aromatic heterocycles. The van der Waals surface area contributed by atoms with E-state index in [1.807, 2.05) is 0 Å². The Kier molecular flexibility index (Phi) is 5.85. The van der Waals surface area contributed by atoms with Crippen molar-refractivity contribution in [2.45, 2.75) is 0 Å². The van der Waals surface area contributed by atoms with Crippen molar-refractivity contribution < 1.29 is 19.4 Å². The van der Waals surface area contributed by atoms with Crippen LogP contribution in [0.4, 0.5) is 0 Å². The van der Waals surface area contributed by atoms with Gasteiger partial charge in [-0.3, -0.25) is 4.79 Å². The predicted molar refractivity (Wildman–Crippen MR) is 77.3 cm³/mol. The van der Waals surface area contributed by atoms with E-state index in [0.717, 1.165) is 6.08 Å². The predicted octanol–water partition coefficient (Wildman–Crippen LogP) is 2.56. The molecule has 0 heterocycles. The highest BCUT2D eigenvalue weighted by Crippen LogP contribution is 2.33. The number of aliphatic carboxylic acids is 1. The third kappa shape index (κ3) is 4.75. The standard InChI is InChI=1S/C13H13Cl2NO4/c1-16(2)11(17)7-20-13-8(3-4-12(18)19)5-9(14)6-10(13)15/h3-6H,7H2,1-2H3,(H,18,19)/b4-3+. The smallest absolute Gasteiger partial charge is 0.328 e. The molecule has 0 saturated heterocycles. The van der Waals surface area contributed by atoms with Crippen LogP contribution in [0.3, 0.4) is 0 Å². The van der Waals surface area contributed by atoms with Gasteiger partial charge in [-0.1, -0.05) is 23.2 Å². The molecular formula is C13H13Cl2NO4. The van der Waals surface area contributed by atoms with Gasteiger partial charge < -0.3 is 14.7 Å². The highest BCUT2D eigenvalue weighted by Gasteiger charge is 2.12. The van der Waals surface area contributed by atoms with Crippen LogP contribution in [0, 0.1) is 0 Å². The zero-order chi connectivity index (χ0) is 15.3. The summed E-state index contributed by atoms with van der Waals surface area (Å²) in [6, 6.07) is 2.96. The van der Waals surface area contributed by atoms with Gasteiger partial charge in [-0.25, -0.2) is 4.79 Å². The first-order valence-electron chi connectivity index (χ1n) is 5.54. The van der Waals surface area contributed by atoms with Crippen LogP contribution in [0.1, 0.15) is 5.56 Å². The van der Waals surface area contributed by atoms with Gasteiger partial charge in [0.05, 0.1) is 5.02 Å². The Morgan fingerprint density at radius 3 is 2.55 bits per heavy atom. The topological polar surface area (TPSA) is 66.8 Å². The molecule has 0 spiro atoms. The normalized spacial score (nSPS) is 10.6. The van der Waals surface area contributed by atoms with E-state index in [4.69, 9.17) is 33.0 Å². The maximum absolute atomic E-state index is 11.5. The first kappa shape index (κ1) is 16.3. The minimum Gasteiger partial charge on any atom is -0.482 e. The summed E-state index contributed by atoms with van der Waals surface area (Å²) in [5.41, 5.74) is 0.386. The van der Waals surface area contributed by atoms with Crippen LogP contribution < -0.4 is 4.74 Å². The lowest BCUT2D eigenvalue weighted by Crippen LogP contribution is -2.27. The lowest BCUT2D eigenvalue weighted by Gasteiger charge is -2.14. The third-order valence-electron chi connectivity index (χ3n) is 2.28. The molecule has 1 rings (SSSR count). The van der Waals surface area contributed by atoms with Crippen LogP contribution in [0.15, 0.2) is 18.2 Å². The number of rotatable bonds is 5. The molecule has 108 valence electrons. The van der Waals surface area contributed by atoms with Crippen LogP contribution in [-0.2, 0) is 9.59 Å². The SMILES string of the molecule is CN(C)C(=O)COc1c(Cl)cc(Cl)cc1/C=C/C(=O)O. The monoisotopic (exact) mass is 317 g/mol. The molecule has 0 bridgehead atoms. The second-order valence-corrected chi connectivity index (χ2v) is 4.90. The molecule has 0 saturated carbocycles. The number of carbonyl (C=O) groups excluding carboxylic acids is 1. The van der Waals surface area contributed by atoms with E-state index >= 15 is 0 Å². The molecule has 0 aliphatic rings. The van der Waals surface area contributed by atoms with E-state index < -0.39 is 5.97 Å². The van der Waals surface area contributed by atoms with Gasteiger partial charge >= 0.3 is 5.97 Å². The van der Waals surface area contributed by atoms with Gasteiger partial charge in [0.2, 0.25) is 0 Å². The summed E-state index contributed by atoms with van der Waals surface area (Å²) in [5, 5.41) is 9.18. The lowest BCUT2D eigenvalue weighted by molar-refractivity contribution is -0.132. The molecule has 0 fully saturated rings. The van der Waals surface area contributed by atoms with Crippen LogP contribution in [0.25, 0.3) is 6.08 Å². The molecule has 1 N–H and O–H groups in total. The molecule has 1 aromatic rings.